The van der Waals surface area contributed by atoms with Gasteiger partial charge in [-0.25, -0.2) is 4.79 Å². The first-order valence-corrected chi connectivity index (χ1v) is 9.15. The van der Waals surface area contributed by atoms with Gasteiger partial charge in [0.05, 0.1) is 17.8 Å². The highest BCUT2D eigenvalue weighted by molar-refractivity contribution is 5.68. The zero-order valence-electron chi connectivity index (χ0n) is 16.2. The van der Waals surface area contributed by atoms with E-state index in [1.165, 1.54) is 0 Å². The fourth-order valence-electron chi connectivity index (χ4n) is 2.60. The molecule has 0 bridgehead atoms. The lowest BCUT2D eigenvalue weighted by atomic mass is 10.0. The highest BCUT2D eigenvalue weighted by atomic mass is 16.6. The second-order valence-corrected chi connectivity index (χ2v) is 7.46. The van der Waals surface area contributed by atoms with Crippen molar-refractivity contribution in [3.05, 3.63) is 66.0 Å². The third kappa shape index (κ3) is 8.19. The number of rotatable bonds is 8. The molecule has 146 valence electrons. The van der Waals surface area contributed by atoms with Crippen molar-refractivity contribution in [3.63, 3.8) is 0 Å². The van der Waals surface area contributed by atoms with Gasteiger partial charge >= 0.3 is 6.09 Å². The average molecular weight is 371 g/mol. The molecular weight excluding hydrogens is 342 g/mol. The van der Waals surface area contributed by atoms with Gasteiger partial charge in [0.1, 0.15) is 5.60 Å². The zero-order valence-corrected chi connectivity index (χ0v) is 16.2. The van der Waals surface area contributed by atoms with E-state index in [4.69, 9.17) is 4.74 Å². The van der Waals surface area contributed by atoms with E-state index >= 15 is 0 Å². The second-order valence-electron chi connectivity index (χ2n) is 7.46. The van der Waals surface area contributed by atoms with Crippen LogP contribution in [0.25, 0.3) is 0 Å². The van der Waals surface area contributed by atoms with Gasteiger partial charge in [-0.05, 0) is 44.9 Å². The van der Waals surface area contributed by atoms with Crippen LogP contribution in [0.2, 0.25) is 0 Å². The summed E-state index contributed by atoms with van der Waals surface area (Å²) in [7, 11) is 0. The maximum atomic E-state index is 12.2. The minimum atomic E-state index is -0.776. The van der Waals surface area contributed by atoms with Crippen molar-refractivity contribution in [2.75, 3.05) is 6.54 Å². The lowest BCUT2D eigenvalue weighted by Crippen LogP contribution is -2.49. The molecule has 1 amide bonds. The summed E-state index contributed by atoms with van der Waals surface area (Å²) in [6.45, 7) is 6.29. The molecule has 0 saturated heterocycles. The molecule has 0 unspecified atom stereocenters. The molecule has 0 aliphatic heterocycles. The predicted octanol–water partition coefficient (Wildman–Crippen LogP) is 2.67. The molecule has 2 aromatic rings. The largest absolute Gasteiger partial charge is 0.444 e. The van der Waals surface area contributed by atoms with E-state index in [2.05, 4.69) is 15.6 Å². The van der Waals surface area contributed by atoms with Crippen molar-refractivity contribution in [1.29, 1.82) is 0 Å². The summed E-state index contributed by atoms with van der Waals surface area (Å²) in [5.41, 5.74) is 1.33. The number of benzene rings is 1. The Morgan fingerprint density at radius 2 is 1.85 bits per heavy atom. The average Bonchev–Trinajstić information content (AvgIpc) is 2.61. The number of ether oxygens (including phenoxy) is 1. The zero-order chi connectivity index (χ0) is 19.7. The van der Waals surface area contributed by atoms with Crippen LogP contribution < -0.4 is 10.6 Å². The summed E-state index contributed by atoms with van der Waals surface area (Å²) in [5.74, 6) is 0. The summed E-state index contributed by atoms with van der Waals surface area (Å²) < 4.78 is 5.34. The molecule has 1 heterocycles. The normalized spacial score (nSPS) is 13.6. The Balaban J connectivity index is 1.95. The Kier molecular flexibility index (Phi) is 7.76. The van der Waals surface area contributed by atoms with Crippen molar-refractivity contribution in [3.8, 4) is 0 Å². The van der Waals surface area contributed by atoms with Crippen LogP contribution in [-0.2, 0) is 17.7 Å². The fraction of sp³-hybridized carbons (Fsp3) is 0.429. The van der Waals surface area contributed by atoms with Crippen LogP contribution in [0.4, 0.5) is 4.79 Å². The lowest BCUT2D eigenvalue weighted by Gasteiger charge is -2.27. The van der Waals surface area contributed by atoms with Crippen LogP contribution in [0.3, 0.4) is 0 Å². The number of hydrogen-bond donors (Lipinski definition) is 3. The van der Waals surface area contributed by atoms with E-state index < -0.39 is 23.8 Å². The first-order valence-electron chi connectivity index (χ1n) is 9.15. The maximum Gasteiger partial charge on any atom is 0.407 e. The smallest absolute Gasteiger partial charge is 0.407 e. The molecule has 2 rings (SSSR count). The van der Waals surface area contributed by atoms with E-state index in [0.717, 1.165) is 11.3 Å². The summed E-state index contributed by atoms with van der Waals surface area (Å²) in [6.07, 6.45) is 0.927. The van der Waals surface area contributed by atoms with Gasteiger partial charge in [0, 0.05) is 19.3 Å². The number of aliphatic hydroxyl groups is 1. The van der Waals surface area contributed by atoms with Gasteiger partial charge in [-0.15, -0.1) is 0 Å². The van der Waals surface area contributed by atoms with Crippen molar-refractivity contribution in [2.24, 2.45) is 0 Å². The molecule has 3 N–H and O–H groups in total. The summed E-state index contributed by atoms with van der Waals surface area (Å²) in [4.78, 5) is 16.4. The van der Waals surface area contributed by atoms with Crippen LogP contribution in [-0.4, -0.2) is 40.5 Å². The Hall–Kier alpha value is -2.44. The highest BCUT2D eigenvalue weighted by Crippen LogP contribution is 2.10. The molecule has 0 spiro atoms. The van der Waals surface area contributed by atoms with E-state index in [0.29, 0.717) is 19.5 Å². The second kappa shape index (κ2) is 10.0. The fourth-order valence-corrected chi connectivity index (χ4v) is 2.60. The number of carbonyl (C=O) groups is 1. The van der Waals surface area contributed by atoms with Gasteiger partial charge in [0.25, 0.3) is 0 Å². The van der Waals surface area contributed by atoms with Gasteiger partial charge in [-0.3, -0.25) is 4.98 Å². The molecule has 0 saturated carbocycles. The Morgan fingerprint density at radius 3 is 2.48 bits per heavy atom. The van der Waals surface area contributed by atoms with Crippen LogP contribution in [0.1, 0.15) is 32.0 Å². The Morgan fingerprint density at radius 1 is 1.15 bits per heavy atom. The number of amides is 1. The minimum absolute atomic E-state index is 0.323. The van der Waals surface area contributed by atoms with Gasteiger partial charge in [-0.1, -0.05) is 36.4 Å². The highest BCUT2D eigenvalue weighted by Gasteiger charge is 2.24. The number of aliphatic hydroxyl groups excluding tert-OH is 1. The predicted molar refractivity (Wildman–Crippen MR) is 105 cm³/mol. The molecule has 0 fully saturated rings. The molecule has 6 nitrogen and oxygen atoms in total. The van der Waals surface area contributed by atoms with E-state index in [1.807, 2.05) is 69.3 Å². The number of hydrogen-bond acceptors (Lipinski definition) is 5. The Labute approximate surface area is 161 Å². The van der Waals surface area contributed by atoms with Gasteiger partial charge in [0.2, 0.25) is 0 Å². The first kappa shape index (κ1) is 20.9. The molecule has 0 aliphatic carbocycles. The van der Waals surface area contributed by atoms with Crippen LogP contribution in [0.15, 0.2) is 54.7 Å². The summed E-state index contributed by atoms with van der Waals surface area (Å²) in [6, 6.07) is 15.0. The van der Waals surface area contributed by atoms with Crippen LogP contribution >= 0.6 is 0 Å². The molecule has 1 aromatic carbocycles. The third-order valence-corrected chi connectivity index (χ3v) is 3.85. The van der Waals surface area contributed by atoms with Crippen molar-refractivity contribution >= 4 is 6.09 Å². The van der Waals surface area contributed by atoms with Crippen molar-refractivity contribution in [2.45, 2.75) is 51.5 Å². The Bertz CT molecular complexity index is 687. The topological polar surface area (TPSA) is 83.5 Å². The van der Waals surface area contributed by atoms with E-state index in [1.54, 1.807) is 6.20 Å². The molecular formula is C21H29N3O3. The summed E-state index contributed by atoms with van der Waals surface area (Å²) >= 11 is 0. The molecule has 0 aliphatic rings. The number of nitrogens with zero attached hydrogens (tertiary/aromatic N) is 1. The minimum Gasteiger partial charge on any atom is -0.444 e. The molecule has 0 radical (unpaired) electrons. The third-order valence-electron chi connectivity index (χ3n) is 3.85. The maximum absolute atomic E-state index is 12.2. The molecule has 27 heavy (non-hydrogen) atoms. The van der Waals surface area contributed by atoms with Crippen molar-refractivity contribution < 1.29 is 14.6 Å². The molecule has 6 heteroatoms. The summed E-state index contributed by atoms with van der Waals surface area (Å²) in [5, 5.41) is 16.6. The first-order chi connectivity index (χ1) is 12.8. The standard InChI is InChI=1S/C21H29N3O3/c1-21(2,3)27-20(26)24-18(13-16-9-5-4-6-10-16)19(25)15-22-14-17-11-7-8-12-23-17/h4-12,18-19,22,25H,13-15H2,1-3H3,(H,24,26)/t18-,19+/m0/s1. The number of alkyl carbamates (subject to hydrolysis) is 1. The van der Waals surface area contributed by atoms with E-state index in [9.17, 15) is 9.90 Å². The van der Waals surface area contributed by atoms with Crippen LogP contribution in [0, 0.1) is 0 Å². The van der Waals surface area contributed by atoms with Gasteiger partial charge in [-0.2, -0.15) is 0 Å². The van der Waals surface area contributed by atoms with Crippen LogP contribution in [0.5, 0.6) is 0 Å². The SMILES string of the molecule is CC(C)(C)OC(=O)N[C@@H](Cc1ccccc1)[C@H](O)CNCc1ccccn1. The molecule has 2 atom stereocenters. The lowest BCUT2D eigenvalue weighted by molar-refractivity contribution is 0.0422. The van der Waals surface area contributed by atoms with Gasteiger partial charge < -0.3 is 20.5 Å². The number of carbonyl (C=O) groups excluding carboxylic acids is 1. The van der Waals surface area contributed by atoms with E-state index in [-0.39, 0.29) is 0 Å². The number of pyridine rings is 1. The monoisotopic (exact) mass is 371 g/mol. The quantitative estimate of drug-likeness (QED) is 0.664. The van der Waals surface area contributed by atoms with Gasteiger partial charge in [0.15, 0.2) is 0 Å². The number of aromatic nitrogens is 1. The molecule has 1 aromatic heterocycles. The van der Waals surface area contributed by atoms with Crippen molar-refractivity contribution in [1.82, 2.24) is 15.6 Å². The number of nitrogens with one attached hydrogen (secondary N) is 2.